The smallest absolute Gasteiger partial charge is 0.279 e. The molecule has 0 aromatic heterocycles. The molecular formula is C20H31N3O5. The van der Waals surface area contributed by atoms with Gasteiger partial charge in [0.05, 0.1) is 12.0 Å². The van der Waals surface area contributed by atoms with E-state index in [4.69, 9.17) is 0 Å². The van der Waals surface area contributed by atoms with E-state index in [2.05, 4.69) is 16.4 Å². The molecule has 1 rings (SSSR count). The summed E-state index contributed by atoms with van der Waals surface area (Å²) in [7, 11) is 0. The molecule has 156 valence electrons. The summed E-state index contributed by atoms with van der Waals surface area (Å²) >= 11 is 0. The lowest BCUT2D eigenvalue weighted by molar-refractivity contribution is -0.415. The van der Waals surface area contributed by atoms with E-state index in [1.165, 1.54) is 12.1 Å². The number of phenolic OH excluding ortho intramolecular Hbond substituents is 1. The fourth-order valence-corrected chi connectivity index (χ4v) is 2.65. The molecule has 0 fully saturated rings. The molecule has 0 saturated carbocycles. The molecule has 0 aliphatic carbocycles. The maximum absolute atomic E-state index is 12.7. The van der Waals surface area contributed by atoms with Crippen LogP contribution in [0, 0.1) is 11.8 Å². The number of quaternary nitrogens is 1. The lowest BCUT2D eigenvalue weighted by Crippen LogP contribution is -2.71. The Morgan fingerprint density at radius 1 is 1.07 bits per heavy atom. The fourth-order valence-electron chi connectivity index (χ4n) is 2.65. The second-order valence-corrected chi connectivity index (χ2v) is 7.47. The predicted molar refractivity (Wildman–Crippen MR) is 102 cm³/mol. The van der Waals surface area contributed by atoms with Crippen molar-refractivity contribution in [1.82, 2.24) is 10.6 Å². The molecule has 2 amide bonds. The van der Waals surface area contributed by atoms with Gasteiger partial charge in [-0.1, -0.05) is 39.8 Å². The van der Waals surface area contributed by atoms with Crippen LogP contribution in [0.25, 0.3) is 0 Å². The lowest BCUT2D eigenvalue weighted by atomic mass is 9.98. The van der Waals surface area contributed by atoms with Gasteiger partial charge in [0, 0.05) is 12.3 Å². The van der Waals surface area contributed by atoms with E-state index in [9.17, 15) is 24.6 Å². The third kappa shape index (κ3) is 6.84. The predicted octanol–water partition coefficient (Wildman–Crippen LogP) is -1.03. The average Bonchev–Trinajstić information content (AvgIpc) is 2.64. The van der Waals surface area contributed by atoms with Crippen LogP contribution in [0.1, 0.15) is 39.7 Å². The van der Waals surface area contributed by atoms with Crippen LogP contribution in [0.5, 0.6) is 5.75 Å². The molecule has 0 heterocycles. The molecule has 0 saturated heterocycles. The average molecular weight is 393 g/mol. The van der Waals surface area contributed by atoms with Crippen molar-refractivity contribution in [1.29, 1.82) is 0 Å². The van der Waals surface area contributed by atoms with E-state index in [-0.39, 0.29) is 29.9 Å². The van der Waals surface area contributed by atoms with Crippen molar-refractivity contribution in [2.45, 2.75) is 58.7 Å². The highest BCUT2D eigenvalue weighted by atomic mass is 16.4. The van der Waals surface area contributed by atoms with Crippen LogP contribution in [0.3, 0.4) is 0 Å². The molecule has 0 radical (unpaired) electrons. The Morgan fingerprint density at radius 2 is 1.64 bits per heavy atom. The van der Waals surface area contributed by atoms with Crippen LogP contribution >= 0.6 is 0 Å². The zero-order chi connectivity index (χ0) is 21.4. The molecule has 1 aromatic rings. The standard InChI is InChI=1S/C20H31N3O5/c1-5-12(4)16(21)19(26)22-15(10-13-6-8-14(24)9-7-13)18(25)23-17(11(2)3)20(27)28/h6-9,11-12,15-17,24H,5,10,21H2,1-4H3,(H,22,26)(H,23,25)(H,27,28). The molecule has 4 atom stereocenters. The van der Waals surface area contributed by atoms with Crippen molar-refractivity contribution < 1.29 is 30.3 Å². The second kappa shape index (κ2) is 10.7. The molecule has 0 aliphatic heterocycles. The number of hydrogen-bond donors (Lipinski definition) is 4. The Hall–Kier alpha value is -2.61. The molecule has 6 N–H and O–H groups in total. The van der Waals surface area contributed by atoms with E-state index in [0.29, 0.717) is 5.56 Å². The number of aromatic hydroxyl groups is 1. The van der Waals surface area contributed by atoms with Crippen molar-refractivity contribution in [3.63, 3.8) is 0 Å². The van der Waals surface area contributed by atoms with E-state index in [1.807, 2.05) is 13.8 Å². The minimum Gasteiger partial charge on any atom is -0.548 e. The molecule has 28 heavy (non-hydrogen) atoms. The van der Waals surface area contributed by atoms with Crippen LogP contribution in [-0.4, -0.2) is 41.0 Å². The summed E-state index contributed by atoms with van der Waals surface area (Å²) in [5, 5.41) is 25.9. The van der Waals surface area contributed by atoms with Gasteiger partial charge >= 0.3 is 0 Å². The van der Waals surface area contributed by atoms with Crippen molar-refractivity contribution in [2.75, 3.05) is 0 Å². The van der Waals surface area contributed by atoms with E-state index >= 15 is 0 Å². The Morgan fingerprint density at radius 3 is 2.11 bits per heavy atom. The van der Waals surface area contributed by atoms with Crippen molar-refractivity contribution in [3.8, 4) is 5.75 Å². The largest absolute Gasteiger partial charge is 0.548 e. The highest BCUT2D eigenvalue weighted by molar-refractivity contribution is 5.91. The summed E-state index contributed by atoms with van der Waals surface area (Å²) in [4.78, 5) is 36.6. The lowest BCUT2D eigenvalue weighted by Gasteiger charge is -2.27. The number of nitrogens with one attached hydrogen (secondary N) is 2. The maximum Gasteiger partial charge on any atom is 0.279 e. The highest BCUT2D eigenvalue weighted by Crippen LogP contribution is 2.12. The Kier molecular flexibility index (Phi) is 8.91. The highest BCUT2D eigenvalue weighted by Gasteiger charge is 2.30. The number of carboxylic acids is 1. The third-order valence-corrected chi connectivity index (χ3v) is 4.90. The fraction of sp³-hybridized carbons (Fsp3) is 0.550. The van der Waals surface area contributed by atoms with E-state index < -0.39 is 30.0 Å². The number of amides is 2. The first-order valence-corrected chi connectivity index (χ1v) is 9.49. The number of phenols is 1. The number of rotatable bonds is 10. The summed E-state index contributed by atoms with van der Waals surface area (Å²) in [5.74, 6) is -2.62. The van der Waals surface area contributed by atoms with Gasteiger partial charge in [0.1, 0.15) is 11.8 Å². The van der Waals surface area contributed by atoms with Gasteiger partial charge in [-0.15, -0.1) is 0 Å². The molecule has 8 heteroatoms. The number of aliphatic carboxylic acids is 1. The van der Waals surface area contributed by atoms with Gasteiger partial charge < -0.3 is 31.4 Å². The quantitative estimate of drug-likeness (QED) is 0.401. The molecule has 0 aliphatic rings. The first kappa shape index (κ1) is 23.4. The summed E-state index contributed by atoms with van der Waals surface area (Å²) < 4.78 is 0. The number of carbonyl (C=O) groups is 3. The van der Waals surface area contributed by atoms with Crippen LogP contribution in [0.2, 0.25) is 0 Å². The molecule has 0 bridgehead atoms. The minimum absolute atomic E-state index is 0.0315. The molecule has 0 spiro atoms. The zero-order valence-corrected chi connectivity index (χ0v) is 16.9. The van der Waals surface area contributed by atoms with Gasteiger partial charge in [-0.3, -0.25) is 9.59 Å². The summed E-state index contributed by atoms with van der Waals surface area (Å²) in [6.45, 7) is 7.16. The monoisotopic (exact) mass is 393 g/mol. The van der Waals surface area contributed by atoms with Crippen LogP contribution < -0.4 is 21.5 Å². The van der Waals surface area contributed by atoms with E-state index in [0.717, 1.165) is 6.42 Å². The van der Waals surface area contributed by atoms with Gasteiger partial charge in [0.2, 0.25) is 5.91 Å². The number of carbonyl (C=O) groups excluding carboxylic acids is 3. The van der Waals surface area contributed by atoms with Crippen molar-refractivity contribution in [2.24, 2.45) is 11.8 Å². The summed E-state index contributed by atoms with van der Waals surface area (Å²) in [6.07, 6.45) is 0.902. The van der Waals surface area contributed by atoms with Gasteiger partial charge in [0.15, 0.2) is 6.04 Å². The molecule has 1 aromatic carbocycles. The Balaban J connectivity index is 3.01. The van der Waals surface area contributed by atoms with Gasteiger partial charge in [0.25, 0.3) is 5.91 Å². The van der Waals surface area contributed by atoms with Gasteiger partial charge in [-0.05, 0) is 30.0 Å². The Labute approximate surface area is 165 Å². The first-order valence-electron chi connectivity index (χ1n) is 9.49. The number of hydrogen-bond acceptors (Lipinski definition) is 5. The van der Waals surface area contributed by atoms with Crippen molar-refractivity contribution >= 4 is 17.8 Å². The normalized spacial score (nSPS) is 15.4. The third-order valence-electron chi connectivity index (χ3n) is 4.90. The van der Waals surface area contributed by atoms with Gasteiger partial charge in [-0.2, -0.15) is 0 Å². The maximum atomic E-state index is 12.7. The minimum atomic E-state index is -1.38. The van der Waals surface area contributed by atoms with Crippen LogP contribution in [0.15, 0.2) is 24.3 Å². The number of benzene rings is 1. The summed E-state index contributed by atoms with van der Waals surface area (Å²) in [6, 6.07) is 3.54. The van der Waals surface area contributed by atoms with Crippen LogP contribution in [0.4, 0.5) is 0 Å². The van der Waals surface area contributed by atoms with E-state index in [1.54, 1.807) is 26.0 Å². The zero-order valence-electron chi connectivity index (χ0n) is 16.9. The Bertz CT molecular complexity index is 675. The molecule has 4 unspecified atom stereocenters. The SMILES string of the molecule is CCC(C)C([NH3+])C(=O)NC(Cc1ccc(O)cc1)C(=O)NC(C(=O)[O-])C(C)C. The second-order valence-electron chi connectivity index (χ2n) is 7.47. The van der Waals surface area contributed by atoms with Gasteiger partial charge in [-0.25, -0.2) is 0 Å². The van der Waals surface area contributed by atoms with Crippen LogP contribution in [-0.2, 0) is 20.8 Å². The molecule has 8 nitrogen and oxygen atoms in total. The molecular weight excluding hydrogens is 362 g/mol. The topological polar surface area (TPSA) is 146 Å². The summed E-state index contributed by atoms with van der Waals surface area (Å²) in [5.41, 5.74) is 4.58. The number of carboxylic acid groups (broad SMARTS) is 1. The first-order chi connectivity index (χ1) is 13.1. The van der Waals surface area contributed by atoms with Crippen molar-refractivity contribution in [3.05, 3.63) is 29.8 Å².